The average molecular weight is 315 g/mol. The van der Waals surface area contributed by atoms with Gasteiger partial charge in [-0.25, -0.2) is 13.9 Å². The van der Waals surface area contributed by atoms with Crippen molar-refractivity contribution >= 4 is 15.9 Å². The Balaban J connectivity index is 2.33. The second-order valence-electron chi connectivity index (χ2n) is 4.51. The Hall–Kier alpha value is -1.68. The SMILES string of the molecule is COc1ccc(S(=O)(=O)N2CNCCC2C(=O)NO)cc1. The topological polar surface area (TPSA) is 108 Å². The van der Waals surface area contributed by atoms with Crippen molar-refractivity contribution in [1.82, 2.24) is 15.1 Å². The summed E-state index contributed by atoms with van der Waals surface area (Å²) in [5.74, 6) is -0.205. The summed E-state index contributed by atoms with van der Waals surface area (Å²) in [6.07, 6.45) is 0.280. The maximum absolute atomic E-state index is 12.6. The zero-order valence-electron chi connectivity index (χ0n) is 11.4. The highest BCUT2D eigenvalue weighted by molar-refractivity contribution is 7.89. The second kappa shape index (κ2) is 6.39. The highest BCUT2D eigenvalue weighted by Crippen LogP contribution is 2.23. The standard InChI is InChI=1S/C12H17N3O5S/c1-20-9-2-4-10(5-3-9)21(18,19)15-8-13-7-6-11(15)12(16)14-17/h2-5,11,13,17H,6-8H2,1H3,(H,14,16). The second-order valence-corrected chi connectivity index (χ2v) is 6.40. The Morgan fingerprint density at radius 1 is 1.43 bits per heavy atom. The maximum atomic E-state index is 12.6. The lowest BCUT2D eigenvalue weighted by Gasteiger charge is -2.33. The quantitative estimate of drug-likeness (QED) is 0.511. The molecule has 1 heterocycles. The van der Waals surface area contributed by atoms with Gasteiger partial charge in [0, 0.05) is 0 Å². The molecule has 1 aromatic rings. The van der Waals surface area contributed by atoms with E-state index < -0.39 is 22.0 Å². The smallest absolute Gasteiger partial charge is 0.261 e. The number of nitrogens with one attached hydrogen (secondary N) is 2. The van der Waals surface area contributed by atoms with Crippen LogP contribution < -0.4 is 15.5 Å². The number of amides is 1. The molecule has 0 radical (unpaired) electrons. The molecule has 0 aliphatic carbocycles. The molecule has 0 spiro atoms. The first-order chi connectivity index (χ1) is 10.0. The summed E-state index contributed by atoms with van der Waals surface area (Å²) in [5, 5.41) is 11.7. The molecule has 0 bridgehead atoms. The molecule has 1 aromatic carbocycles. The first kappa shape index (κ1) is 15.7. The Labute approximate surface area is 122 Å². The molecule has 1 atom stereocenters. The normalized spacial score (nSPS) is 20.0. The van der Waals surface area contributed by atoms with Gasteiger partial charge < -0.3 is 10.1 Å². The molecule has 3 N–H and O–H groups in total. The van der Waals surface area contributed by atoms with Gasteiger partial charge in [-0.05, 0) is 37.2 Å². The van der Waals surface area contributed by atoms with Crippen LogP contribution in [0.1, 0.15) is 6.42 Å². The van der Waals surface area contributed by atoms with Crippen LogP contribution in [0, 0.1) is 0 Å². The third-order valence-electron chi connectivity index (χ3n) is 3.29. The van der Waals surface area contributed by atoms with E-state index in [1.807, 2.05) is 0 Å². The van der Waals surface area contributed by atoms with Crippen LogP contribution in [0.3, 0.4) is 0 Å². The minimum Gasteiger partial charge on any atom is -0.497 e. The van der Waals surface area contributed by atoms with Crippen LogP contribution in [0.15, 0.2) is 29.2 Å². The molecule has 0 saturated carbocycles. The Morgan fingerprint density at radius 3 is 2.67 bits per heavy atom. The first-order valence-corrected chi connectivity index (χ1v) is 7.75. The van der Waals surface area contributed by atoms with Gasteiger partial charge in [0.15, 0.2) is 0 Å². The molecule has 1 aliphatic heterocycles. The zero-order valence-corrected chi connectivity index (χ0v) is 12.3. The van der Waals surface area contributed by atoms with E-state index in [9.17, 15) is 13.2 Å². The summed E-state index contributed by atoms with van der Waals surface area (Å²) in [7, 11) is -2.36. The Kier molecular flexibility index (Phi) is 4.78. The summed E-state index contributed by atoms with van der Waals surface area (Å²) in [4.78, 5) is 11.7. The summed E-state index contributed by atoms with van der Waals surface area (Å²) in [6.45, 7) is 0.499. The van der Waals surface area contributed by atoms with E-state index in [0.29, 0.717) is 12.3 Å². The van der Waals surface area contributed by atoms with Crippen LogP contribution in [-0.2, 0) is 14.8 Å². The van der Waals surface area contributed by atoms with E-state index in [4.69, 9.17) is 9.94 Å². The molecular formula is C12H17N3O5S. The van der Waals surface area contributed by atoms with Gasteiger partial charge >= 0.3 is 0 Å². The number of sulfonamides is 1. The van der Waals surface area contributed by atoms with Gasteiger partial charge in [-0.15, -0.1) is 0 Å². The predicted octanol–water partition coefficient (Wildman–Crippen LogP) is -0.489. The largest absolute Gasteiger partial charge is 0.497 e. The number of hydrogen-bond acceptors (Lipinski definition) is 6. The number of nitrogens with zero attached hydrogens (tertiary/aromatic N) is 1. The van der Waals surface area contributed by atoms with Crippen LogP contribution in [0.5, 0.6) is 5.75 Å². The van der Waals surface area contributed by atoms with Crippen LogP contribution in [0.4, 0.5) is 0 Å². The number of carbonyl (C=O) groups is 1. The third kappa shape index (κ3) is 3.16. The number of benzene rings is 1. The number of rotatable bonds is 4. The van der Waals surface area contributed by atoms with Crippen molar-refractivity contribution in [3.8, 4) is 5.75 Å². The van der Waals surface area contributed by atoms with Gasteiger partial charge in [0.1, 0.15) is 11.8 Å². The van der Waals surface area contributed by atoms with Gasteiger partial charge in [0.2, 0.25) is 10.0 Å². The van der Waals surface area contributed by atoms with Gasteiger partial charge in [-0.3, -0.25) is 10.0 Å². The zero-order chi connectivity index (χ0) is 15.5. The molecule has 1 saturated heterocycles. The van der Waals surface area contributed by atoms with Crippen molar-refractivity contribution in [2.24, 2.45) is 0 Å². The minimum atomic E-state index is -3.85. The lowest BCUT2D eigenvalue weighted by atomic mass is 10.2. The van der Waals surface area contributed by atoms with Crippen LogP contribution in [-0.4, -0.2) is 50.2 Å². The molecule has 21 heavy (non-hydrogen) atoms. The van der Waals surface area contributed by atoms with Gasteiger partial charge in [-0.2, -0.15) is 4.31 Å². The molecule has 116 valence electrons. The van der Waals surface area contributed by atoms with E-state index in [1.54, 1.807) is 0 Å². The predicted molar refractivity (Wildman–Crippen MR) is 73.2 cm³/mol. The number of methoxy groups -OCH3 is 1. The Bertz CT molecular complexity index is 602. The lowest BCUT2D eigenvalue weighted by molar-refractivity contribution is -0.134. The molecule has 1 fully saturated rings. The van der Waals surface area contributed by atoms with Crippen LogP contribution in [0.2, 0.25) is 0 Å². The fourth-order valence-corrected chi connectivity index (χ4v) is 3.70. The summed E-state index contributed by atoms with van der Waals surface area (Å²) in [5.41, 5.74) is 1.51. The van der Waals surface area contributed by atoms with E-state index in [0.717, 1.165) is 4.31 Å². The van der Waals surface area contributed by atoms with Crippen LogP contribution in [0.25, 0.3) is 0 Å². The molecule has 8 nitrogen and oxygen atoms in total. The number of carbonyl (C=O) groups excluding carboxylic acids is 1. The number of hydrogen-bond donors (Lipinski definition) is 3. The van der Waals surface area contributed by atoms with Crippen molar-refractivity contribution in [2.75, 3.05) is 20.3 Å². The molecule has 0 aromatic heterocycles. The van der Waals surface area contributed by atoms with E-state index in [2.05, 4.69) is 5.32 Å². The monoisotopic (exact) mass is 315 g/mol. The fourth-order valence-electron chi connectivity index (χ4n) is 2.15. The first-order valence-electron chi connectivity index (χ1n) is 6.31. The van der Waals surface area contributed by atoms with Gasteiger partial charge in [-0.1, -0.05) is 0 Å². The van der Waals surface area contributed by atoms with E-state index in [1.165, 1.54) is 36.9 Å². The molecule has 1 unspecified atom stereocenters. The molecular weight excluding hydrogens is 298 g/mol. The maximum Gasteiger partial charge on any atom is 0.261 e. The highest BCUT2D eigenvalue weighted by atomic mass is 32.2. The molecule has 1 aliphatic rings. The molecule has 1 amide bonds. The van der Waals surface area contributed by atoms with Crippen molar-refractivity contribution in [3.05, 3.63) is 24.3 Å². The average Bonchev–Trinajstić information content (AvgIpc) is 2.54. The summed E-state index contributed by atoms with van der Waals surface area (Å²) >= 11 is 0. The lowest BCUT2D eigenvalue weighted by Crippen LogP contribution is -2.56. The van der Waals surface area contributed by atoms with Gasteiger partial charge in [0.25, 0.3) is 5.91 Å². The Morgan fingerprint density at radius 2 is 2.10 bits per heavy atom. The van der Waals surface area contributed by atoms with Crippen LogP contribution >= 0.6 is 0 Å². The van der Waals surface area contributed by atoms with Crippen molar-refractivity contribution < 1.29 is 23.2 Å². The third-order valence-corrected chi connectivity index (χ3v) is 5.16. The summed E-state index contributed by atoms with van der Waals surface area (Å²) < 4.78 is 31.2. The van der Waals surface area contributed by atoms with E-state index in [-0.39, 0.29) is 18.0 Å². The molecule has 2 rings (SSSR count). The van der Waals surface area contributed by atoms with Gasteiger partial charge in [0.05, 0.1) is 18.7 Å². The minimum absolute atomic E-state index is 0.00640. The highest BCUT2D eigenvalue weighted by Gasteiger charge is 2.37. The summed E-state index contributed by atoms with van der Waals surface area (Å²) in [6, 6.07) is 4.95. The number of ether oxygens (including phenoxy) is 1. The van der Waals surface area contributed by atoms with Crippen molar-refractivity contribution in [3.63, 3.8) is 0 Å². The van der Waals surface area contributed by atoms with E-state index >= 15 is 0 Å². The molecule has 9 heteroatoms. The fraction of sp³-hybridized carbons (Fsp3) is 0.417. The van der Waals surface area contributed by atoms with Crippen molar-refractivity contribution in [1.29, 1.82) is 0 Å². The van der Waals surface area contributed by atoms with Crippen molar-refractivity contribution in [2.45, 2.75) is 17.4 Å². The number of hydroxylamine groups is 1.